The maximum absolute atomic E-state index is 2.33. The summed E-state index contributed by atoms with van der Waals surface area (Å²) in [5.41, 5.74) is 33.2. The first-order chi connectivity index (χ1) is 44.3. The minimum Gasteiger partial charge on any atom is -0.0622 e. The second-order valence-corrected chi connectivity index (χ2v) is 25.2. The summed E-state index contributed by atoms with van der Waals surface area (Å²) in [5.74, 6) is 0. The lowest BCUT2D eigenvalue weighted by Crippen LogP contribution is -2.14. The third kappa shape index (κ3) is 13.9. The average molecular weight is 1170 g/mol. The largest absolute Gasteiger partial charge is 0.0622 e. The molecule has 0 amide bonds. The molecule has 17 rings (SSSR count). The van der Waals surface area contributed by atoms with Gasteiger partial charge in [0.05, 0.1) is 0 Å². The standard InChI is InChI=1S/2C17H14.C16H16.2C14H12.C13H12/c1-13-9-11-15(12-10-13)17-8-4-6-14-5-2-3-7-16(14)17;1-13-6-8-15(9-7-13)17-11-10-14-4-2-3-5-16(14)12-17;1-11-8-9-13-12-6-4-5-7-14(12)16(2,3)15(13)10-11;1-10-6-7-14-12(8-10)9-11-4-2-3-5-13(11)14;1-10-6-7-12-9-11-4-2-3-5-13(11)14(12)8-10;1-11-7-5-6-10-13(11)12-8-3-2-4-9-12/h2*2-12H,1H3;4-10H,1-3H3;2*2-8H,9H2,1H3;2-10H,1H3. The number of fused-ring (bicyclic) bond motifs is 11. The zero-order valence-electron chi connectivity index (χ0n) is 53.9. The first kappa shape index (κ1) is 60.9. The van der Waals surface area contributed by atoms with Crippen LogP contribution in [0, 0.1) is 41.5 Å². The van der Waals surface area contributed by atoms with Crippen molar-refractivity contribution in [1.29, 1.82) is 0 Å². The Hall–Kier alpha value is -10.4. The summed E-state index contributed by atoms with van der Waals surface area (Å²) in [6, 6.07) is 113. The van der Waals surface area contributed by atoms with Gasteiger partial charge in [-0.1, -0.05) is 351 Å². The fourth-order valence-corrected chi connectivity index (χ4v) is 13.2. The molecule has 0 N–H and O–H groups in total. The molecule has 3 aliphatic rings. The molecule has 0 heterocycles. The molecule has 0 bridgehead atoms. The summed E-state index contributed by atoms with van der Waals surface area (Å²) in [5, 5.41) is 5.21. The van der Waals surface area contributed by atoms with Gasteiger partial charge in [0.1, 0.15) is 0 Å². The van der Waals surface area contributed by atoms with E-state index in [1.807, 2.05) is 6.07 Å². The van der Waals surface area contributed by atoms with Crippen LogP contribution in [0.1, 0.15) is 80.6 Å². The summed E-state index contributed by atoms with van der Waals surface area (Å²) >= 11 is 0. The number of hydrogen-bond donors (Lipinski definition) is 0. The third-order valence-electron chi connectivity index (χ3n) is 18.2. The Labute approximate surface area is 540 Å². The molecular formula is C91H80. The summed E-state index contributed by atoms with van der Waals surface area (Å²) in [7, 11) is 0. The van der Waals surface area contributed by atoms with Gasteiger partial charge in [-0.05, 0) is 188 Å². The van der Waals surface area contributed by atoms with E-state index in [1.54, 1.807) is 0 Å². The normalized spacial score (nSPS) is 12.0. The third-order valence-corrected chi connectivity index (χ3v) is 18.2. The van der Waals surface area contributed by atoms with Gasteiger partial charge in [0.2, 0.25) is 0 Å². The molecule has 14 aromatic rings. The molecule has 3 aliphatic carbocycles. The first-order valence-corrected chi connectivity index (χ1v) is 32.1. The quantitative estimate of drug-likeness (QED) is 0.165. The summed E-state index contributed by atoms with van der Waals surface area (Å²) in [6.07, 6.45) is 2.21. The van der Waals surface area contributed by atoms with Crippen molar-refractivity contribution in [2.75, 3.05) is 0 Å². The molecular weight excluding hydrogens is 1090 g/mol. The minimum absolute atomic E-state index is 0.151. The van der Waals surface area contributed by atoms with Crippen molar-refractivity contribution in [1.82, 2.24) is 0 Å². The number of aryl methyl sites for hydroxylation is 6. The van der Waals surface area contributed by atoms with Gasteiger partial charge in [-0.2, -0.15) is 0 Å². The van der Waals surface area contributed by atoms with Crippen LogP contribution in [-0.2, 0) is 18.3 Å². The highest BCUT2D eigenvalue weighted by molar-refractivity contribution is 5.96. The Kier molecular flexibility index (Phi) is 18.4. The predicted octanol–water partition coefficient (Wildman–Crippen LogP) is 24.7. The van der Waals surface area contributed by atoms with Gasteiger partial charge >= 0.3 is 0 Å². The van der Waals surface area contributed by atoms with Gasteiger partial charge in [0, 0.05) is 5.41 Å². The van der Waals surface area contributed by atoms with E-state index in [1.165, 1.54) is 155 Å². The van der Waals surface area contributed by atoms with E-state index in [2.05, 4.69) is 365 Å². The molecule has 0 saturated heterocycles. The van der Waals surface area contributed by atoms with Crippen LogP contribution in [0.15, 0.2) is 315 Å². The van der Waals surface area contributed by atoms with E-state index in [9.17, 15) is 0 Å². The van der Waals surface area contributed by atoms with E-state index in [0.717, 1.165) is 12.8 Å². The van der Waals surface area contributed by atoms with Crippen molar-refractivity contribution >= 4 is 21.5 Å². The highest BCUT2D eigenvalue weighted by Gasteiger charge is 2.34. The molecule has 0 spiro atoms. The minimum atomic E-state index is 0.151. The lowest BCUT2D eigenvalue weighted by molar-refractivity contribution is 0.660. The van der Waals surface area contributed by atoms with Crippen LogP contribution in [0.5, 0.6) is 0 Å². The molecule has 0 aromatic heterocycles. The van der Waals surface area contributed by atoms with E-state index in [0.29, 0.717) is 0 Å². The summed E-state index contributed by atoms with van der Waals surface area (Å²) in [4.78, 5) is 0. The van der Waals surface area contributed by atoms with Crippen LogP contribution in [0.2, 0.25) is 0 Å². The lowest BCUT2D eigenvalue weighted by Gasteiger charge is -2.21. The fourth-order valence-electron chi connectivity index (χ4n) is 13.2. The molecule has 0 saturated carbocycles. The molecule has 0 nitrogen and oxygen atoms in total. The first-order valence-electron chi connectivity index (χ1n) is 32.1. The fraction of sp³-hybridized carbons (Fsp3) is 0.121. The number of hydrogen-bond acceptors (Lipinski definition) is 0. The van der Waals surface area contributed by atoms with Crippen LogP contribution in [-0.4, -0.2) is 0 Å². The van der Waals surface area contributed by atoms with Crippen molar-refractivity contribution in [2.45, 2.75) is 73.6 Å². The Morgan fingerprint density at radius 1 is 0.220 bits per heavy atom. The second kappa shape index (κ2) is 27.6. The SMILES string of the molecule is Cc1ccc(-c2ccc3ccccc3c2)cc1.Cc1ccc(-c2cccc3ccccc23)cc1.Cc1ccc2c(c1)-c1ccccc1C2.Cc1ccc2c(c1)C(C)(C)c1ccccc1-2.Cc1ccc2c(c1)Cc1ccccc1-2.Cc1ccccc1-c1ccccc1. The Balaban J connectivity index is 0.000000106. The van der Waals surface area contributed by atoms with E-state index in [4.69, 9.17) is 0 Å². The number of benzene rings is 14. The maximum Gasteiger partial charge on any atom is 0.0158 e. The molecule has 14 aromatic carbocycles. The van der Waals surface area contributed by atoms with Crippen molar-refractivity contribution in [3.8, 4) is 66.8 Å². The molecule has 444 valence electrons. The van der Waals surface area contributed by atoms with Gasteiger partial charge in [-0.3, -0.25) is 0 Å². The highest BCUT2D eigenvalue weighted by Crippen LogP contribution is 2.48. The molecule has 0 heteroatoms. The highest BCUT2D eigenvalue weighted by atomic mass is 14.4. The van der Waals surface area contributed by atoms with Crippen molar-refractivity contribution in [3.05, 3.63) is 382 Å². The van der Waals surface area contributed by atoms with Gasteiger partial charge in [0.15, 0.2) is 0 Å². The van der Waals surface area contributed by atoms with Gasteiger partial charge < -0.3 is 0 Å². The van der Waals surface area contributed by atoms with Gasteiger partial charge in [-0.15, -0.1) is 0 Å². The van der Waals surface area contributed by atoms with Crippen LogP contribution >= 0.6 is 0 Å². The zero-order chi connectivity index (χ0) is 62.8. The van der Waals surface area contributed by atoms with E-state index in [-0.39, 0.29) is 5.41 Å². The number of rotatable bonds is 3. The molecule has 0 unspecified atom stereocenters. The Morgan fingerprint density at radius 3 is 1.36 bits per heavy atom. The lowest BCUT2D eigenvalue weighted by atomic mass is 9.82. The predicted molar refractivity (Wildman–Crippen MR) is 392 cm³/mol. The van der Waals surface area contributed by atoms with Crippen molar-refractivity contribution in [3.63, 3.8) is 0 Å². The molecule has 0 aliphatic heterocycles. The van der Waals surface area contributed by atoms with E-state index >= 15 is 0 Å². The molecule has 91 heavy (non-hydrogen) atoms. The van der Waals surface area contributed by atoms with Crippen LogP contribution < -0.4 is 0 Å². The monoisotopic (exact) mass is 1170 g/mol. The molecule has 0 radical (unpaired) electrons. The van der Waals surface area contributed by atoms with Crippen LogP contribution in [0.3, 0.4) is 0 Å². The van der Waals surface area contributed by atoms with Gasteiger partial charge in [-0.25, -0.2) is 0 Å². The zero-order valence-corrected chi connectivity index (χ0v) is 53.9. The Bertz CT molecular complexity index is 4810. The average Bonchev–Trinajstić information content (AvgIpc) is 1.87. The summed E-state index contributed by atoms with van der Waals surface area (Å²) in [6.45, 7) is 17.5. The van der Waals surface area contributed by atoms with Crippen molar-refractivity contribution in [2.24, 2.45) is 0 Å². The van der Waals surface area contributed by atoms with Gasteiger partial charge in [0.25, 0.3) is 0 Å². The molecule has 0 atom stereocenters. The van der Waals surface area contributed by atoms with Crippen LogP contribution in [0.4, 0.5) is 0 Å². The molecule has 0 fully saturated rings. The van der Waals surface area contributed by atoms with Crippen LogP contribution in [0.25, 0.3) is 88.3 Å². The maximum atomic E-state index is 2.33. The van der Waals surface area contributed by atoms with Crippen molar-refractivity contribution < 1.29 is 0 Å². The Morgan fingerprint density at radius 2 is 0.659 bits per heavy atom. The smallest absolute Gasteiger partial charge is 0.0158 e. The summed E-state index contributed by atoms with van der Waals surface area (Å²) < 4.78 is 0. The topological polar surface area (TPSA) is 0 Å². The van der Waals surface area contributed by atoms with E-state index < -0.39 is 0 Å². The second-order valence-electron chi connectivity index (χ2n) is 25.2.